The van der Waals surface area contributed by atoms with Gasteiger partial charge in [0, 0.05) is 6.42 Å². The molecule has 1 nitrogen and oxygen atoms in total. The monoisotopic (exact) mass is 126 g/mol. The van der Waals surface area contributed by atoms with Crippen LogP contribution >= 0.6 is 0 Å². The number of aliphatic hydroxyl groups excluding tert-OH is 1. The van der Waals surface area contributed by atoms with Crippen molar-refractivity contribution in [1.29, 1.82) is 0 Å². The molecular formula is C8H14O. The zero-order valence-electron chi connectivity index (χ0n) is 6.15. The summed E-state index contributed by atoms with van der Waals surface area (Å²) in [5.41, 5.74) is 0. The molecule has 9 heavy (non-hydrogen) atoms. The van der Waals surface area contributed by atoms with Gasteiger partial charge in [0.2, 0.25) is 0 Å². The zero-order chi connectivity index (χ0) is 7.11. The van der Waals surface area contributed by atoms with Gasteiger partial charge < -0.3 is 5.11 Å². The summed E-state index contributed by atoms with van der Waals surface area (Å²) < 4.78 is 0. The van der Waals surface area contributed by atoms with Crippen LogP contribution in [0, 0.1) is 11.8 Å². The highest BCUT2D eigenvalue weighted by atomic mass is 16.3. The Balaban J connectivity index is 3.13. The lowest BCUT2D eigenvalue weighted by atomic mass is 10.1. The average Bonchev–Trinajstić information content (AvgIpc) is 1.89. The van der Waals surface area contributed by atoms with E-state index in [0.29, 0.717) is 0 Å². The fraction of sp³-hybridized carbons (Fsp3) is 0.750. The van der Waals surface area contributed by atoms with Gasteiger partial charge in [-0.2, -0.15) is 0 Å². The van der Waals surface area contributed by atoms with E-state index in [0.717, 1.165) is 19.3 Å². The van der Waals surface area contributed by atoms with Crippen molar-refractivity contribution < 1.29 is 5.11 Å². The molecule has 0 fully saturated rings. The van der Waals surface area contributed by atoms with Crippen molar-refractivity contribution in [3.05, 3.63) is 0 Å². The number of hydrogen-bond acceptors (Lipinski definition) is 1. The molecule has 0 spiro atoms. The van der Waals surface area contributed by atoms with Crippen molar-refractivity contribution in [2.24, 2.45) is 0 Å². The second kappa shape index (κ2) is 5.65. The standard InChI is InChI=1S/C8H14O/c1-3-5-6-7-8(9)4-2/h8-9H,4,6-7H2,1-2H3. The van der Waals surface area contributed by atoms with E-state index < -0.39 is 0 Å². The molecule has 1 heteroatoms. The van der Waals surface area contributed by atoms with Gasteiger partial charge in [0.1, 0.15) is 0 Å². The molecule has 0 radical (unpaired) electrons. The quantitative estimate of drug-likeness (QED) is 0.569. The lowest BCUT2D eigenvalue weighted by Crippen LogP contribution is -2.02. The van der Waals surface area contributed by atoms with E-state index in [-0.39, 0.29) is 6.10 Å². The predicted octanol–water partition coefficient (Wildman–Crippen LogP) is 1.56. The summed E-state index contributed by atoms with van der Waals surface area (Å²) in [5, 5.41) is 9.02. The first-order chi connectivity index (χ1) is 4.31. The molecular weight excluding hydrogens is 112 g/mol. The summed E-state index contributed by atoms with van der Waals surface area (Å²) in [5.74, 6) is 5.69. The highest BCUT2D eigenvalue weighted by Gasteiger charge is 1.96. The maximum atomic E-state index is 9.02. The summed E-state index contributed by atoms with van der Waals surface area (Å²) >= 11 is 0. The van der Waals surface area contributed by atoms with E-state index in [4.69, 9.17) is 5.11 Å². The first-order valence-electron chi connectivity index (χ1n) is 3.39. The van der Waals surface area contributed by atoms with Crippen LogP contribution in [0.4, 0.5) is 0 Å². The molecule has 0 heterocycles. The van der Waals surface area contributed by atoms with Crippen LogP contribution in [0.1, 0.15) is 33.1 Å². The Morgan fingerprint density at radius 3 is 2.67 bits per heavy atom. The fourth-order valence-electron chi connectivity index (χ4n) is 0.568. The van der Waals surface area contributed by atoms with Crippen LogP contribution in [0.15, 0.2) is 0 Å². The number of aliphatic hydroxyl groups is 1. The molecule has 0 amide bonds. The minimum atomic E-state index is -0.147. The van der Waals surface area contributed by atoms with Crippen LogP contribution in [0.5, 0.6) is 0 Å². The highest BCUT2D eigenvalue weighted by molar-refractivity contribution is 4.94. The zero-order valence-corrected chi connectivity index (χ0v) is 6.15. The molecule has 0 aromatic rings. The largest absolute Gasteiger partial charge is 0.393 e. The molecule has 0 bridgehead atoms. The Hall–Kier alpha value is -0.480. The summed E-state index contributed by atoms with van der Waals surface area (Å²) in [4.78, 5) is 0. The van der Waals surface area contributed by atoms with Crippen LogP contribution in [-0.2, 0) is 0 Å². The molecule has 0 aromatic heterocycles. The van der Waals surface area contributed by atoms with Gasteiger partial charge in [-0.05, 0) is 19.8 Å². The van der Waals surface area contributed by atoms with Crippen LogP contribution in [0.2, 0.25) is 0 Å². The maximum Gasteiger partial charge on any atom is 0.0546 e. The van der Waals surface area contributed by atoms with E-state index in [1.165, 1.54) is 0 Å². The Kier molecular flexibility index (Phi) is 5.35. The fourth-order valence-corrected chi connectivity index (χ4v) is 0.568. The third-order valence-corrected chi connectivity index (χ3v) is 1.25. The van der Waals surface area contributed by atoms with Crippen molar-refractivity contribution in [2.45, 2.75) is 39.2 Å². The molecule has 0 aliphatic rings. The summed E-state index contributed by atoms with van der Waals surface area (Å²) in [6.07, 6.45) is 2.33. The van der Waals surface area contributed by atoms with Crippen molar-refractivity contribution >= 4 is 0 Å². The average molecular weight is 126 g/mol. The third-order valence-electron chi connectivity index (χ3n) is 1.25. The summed E-state index contributed by atoms with van der Waals surface area (Å²) in [6, 6.07) is 0. The van der Waals surface area contributed by atoms with Gasteiger partial charge in [0.15, 0.2) is 0 Å². The molecule has 1 N–H and O–H groups in total. The van der Waals surface area contributed by atoms with Crippen molar-refractivity contribution in [1.82, 2.24) is 0 Å². The molecule has 0 saturated carbocycles. The van der Waals surface area contributed by atoms with E-state index in [9.17, 15) is 0 Å². The van der Waals surface area contributed by atoms with Crippen molar-refractivity contribution in [2.75, 3.05) is 0 Å². The lowest BCUT2D eigenvalue weighted by molar-refractivity contribution is 0.162. The van der Waals surface area contributed by atoms with Crippen molar-refractivity contribution in [3.8, 4) is 11.8 Å². The molecule has 0 aromatic carbocycles. The van der Waals surface area contributed by atoms with Crippen LogP contribution in [-0.4, -0.2) is 11.2 Å². The first-order valence-corrected chi connectivity index (χ1v) is 3.39. The molecule has 1 unspecified atom stereocenters. The van der Waals surface area contributed by atoms with Gasteiger partial charge >= 0.3 is 0 Å². The molecule has 0 saturated heterocycles. The molecule has 0 aliphatic heterocycles. The Morgan fingerprint density at radius 1 is 1.56 bits per heavy atom. The Bertz CT molecular complexity index is 107. The summed E-state index contributed by atoms with van der Waals surface area (Å²) in [7, 11) is 0. The molecule has 1 atom stereocenters. The van der Waals surface area contributed by atoms with E-state index >= 15 is 0 Å². The normalized spacial score (nSPS) is 11.9. The molecule has 0 rings (SSSR count). The Morgan fingerprint density at radius 2 is 2.22 bits per heavy atom. The smallest absolute Gasteiger partial charge is 0.0546 e. The van der Waals surface area contributed by atoms with E-state index in [1.54, 1.807) is 0 Å². The second-order valence-corrected chi connectivity index (χ2v) is 2.03. The van der Waals surface area contributed by atoms with Crippen LogP contribution < -0.4 is 0 Å². The summed E-state index contributed by atoms with van der Waals surface area (Å²) in [6.45, 7) is 3.79. The van der Waals surface area contributed by atoms with Crippen molar-refractivity contribution in [3.63, 3.8) is 0 Å². The van der Waals surface area contributed by atoms with Gasteiger partial charge in [-0.25, -0.2) is 0 Å². The minimum absolute atomic E-state index is 0.147. The maximum absolute atomic E-state index is 9.02. The lowest BCUT2D eigenvalue weighted by Gasteiger charge is -2.01. The second-order valence-electron chi connectivity index (χ2n) is 2.03. The topological polar surface area (TPSA) is 20.2 Å². The molecule has 52 valence electrons. The first kappa shape index (κ1) is 8.52. The van der Waals surface area contributed by atoms with Gasteiger partial charge in [0.05, 0.1) is 6.10 Å². The van der Waals surface area contributed by atoms with Crippen LogP contribution in [0.3, 0.4) is 0 Å². The highest BCUT2D eigenvalue weighted by Crippen LogP contribution is 1.98. The van der Waals surface area contributed by atoms with Gasteiger partial charge in [-0.1, -0.05) is 6.92 Å². The number of hydrogen-bond donors (Lipinski definition) is 1. The number of rotatable bonds is 3. The van der Waals surface area contributed by atoms with E-state index in [1.807, 2.05) is 13.8 Å². The third kappa shape index (κ3) is 5.39. The van der Waals surface area contributed by atoms with Gasteiger partial charge in [0.25, 0.3) is 0 Å². The predicted molar refractivity (Wildman–Crippen MR) is 39.0 cm³/mol. The van der Waals surface area contributed by atoms with Gasteiger partial charge in [-0.15, -0.1) is 11.8 Å². The Labute approximate surface area is 57.1 Å². The van der Waals surface area contributed by atoms with Gasteiger partial charge in [-0.3, -0.25) is 0 Å². The van der Waals surface area contributed by atoms with Crippen LogP contribution in [0.25, 0.3) is 0 Å². The van der Waals surface area contributed by atoms with E-state index in [2.05, 4.69) is 11.8 Å². The SMILES string of the molecule is CC#CCCC(O)CC. The molecule has 0 aliphatic carbocycles. The minimum Gasteiger partial charge on any atom is -0.393 e.